The zero-order valence-electron chi connectivity index (χ0n) is 7.03. The van der Waals surface area contributed by atoms with Gasteiger partial charge in [0.25, 0.3) is 0 Å². The highest BCUT2D eigenvalue weighted by molar-refractivity contribution is 7.98. The molecule has 0 N–H and O–H groups in total. The molecule has 0 bridgehead atoms. The lowest BCUT2D eigenvalue weighted by Crippen LogP contribution is -1.97. The van der Waals surface area contributed by atoms with Crippen LogP contribution >= 0.6 is 11.8 Å². The molecule has 0 aromatic heterocycles. The number of benzene rings is 1. The summed E-state index contributed by atoms with van der Waals surface area (Å²) in [7, 11) is 1.13. The summed E-state index contributed by atoms with van der Waals surface area (Å²) in [5.74, 6) is -3.49. The number of ether oxygens (including phenoxy) is 1. The average molecular weight is 208 g/mol. The molecule has 0 aliphatic carbocycles. The molecule has 0 heterocycles. The van der Waals surface area contributed by atoms with Crippen LogP contribution in [-0.2, 0) is 0 Å². The monoisotopic (exact) mass is 208 g/mol. The smallest absolute Gasteiger partial charge is 0.191 e. The topological polar surface area (TPSA) is 9.23 Å². The van der Waals surface area contributed by atoms with Gasteiger partial charge in [-0.15, -0.1) is 11.8 Å². The molecule has 5 heteroatoms. The van der Waals surface area contributed by atoms with Gasteiger partial charge in [-0.1, -0.05) is 0 Å². The van der Waals surface area contributed by atoms with E-state index in [2.05, 4.69) is 4.74 Å². The summed E-state index contributed by atoms with van der Waals surface area (Å²) in [6.45, 7) is 0. The third-order valence-electron chi connectivity index (χ3n) is 1.49. The Labute approximate surface area is 77.9 Å². The minimum Gasteiger partial charge on any atom is -0.491 e. The third kappa shape index (κ3) is 1.75. The molecule has 0 saturated heterocycles. The van der Waals surface area contributed by atoms with Crippen LogP contribution in [0.5, 0.6) is 5.75 Å². The van der Waals surface area contributed by atoms with E-state index in [-0.39, 0.29) is 4.90 Å². The van der Waals surface area contributed by atoms with Crippen molar-refractivity contribution in [2.45, 2.75) is 4.90 Å². The van der Waals surface area contributed by atoms with Gasteiger partial charge in [-0.3, -0.25) is 0 Å². The molecule has 72 valence electrons. The van der Waals surface area contributed by atoms with E-state index >= 15 is 0 Å². The van der Waals surface area contributed by atoms with Crippen LogP contribution in [0.2, 0.25) is 0 Å². The van der Waals surface area contributed by atoms with Crippen LogP contribution in [0, 0.1) is 17.5 Å². The van der Waals surface area contributed by atoms with Crippen LogP contribution in [0.4, 0.5) is 13.2 Å². The summed E-state index contributed by atoms with van der Waals surface area (Å²) in [6.07, 6.45) is 1.50. The van der Waals surface area contributed by atoms with Crippen LogP contribution in [0.15, 0.2) is 11.0 Å². The Morgan fingerprint density at radius 2 is 1.85 bits per heavy atom. The molecular formula is C8H7F3OS. The fraction of sp³-hybridized carbons (Fsp3) is 0.250. The number of hydrogen-bond donors (Lipinski definition) is 0. The Balaban J connectivity index is 3.39. The number of rotatable bonds is 2. The number of hydrogen-bond acceptors (Lipinski definition) is 2. The third-order valence-corrected chi connectivity index (χ3v) is 2.28. The van der Waals surface area contributed by atoms with Gasteiger partial charge >= 0.3 is 0 Å². The van der Waals surface area contributed by atoms with E-state index < -0.39 is 23.2 Å². The van der Waals surface area contributed by atoms with Gasteiger partial charge in [-0.25, -0.2) is 13.2 Å². The molecule has 0 atom stereocenters. The molecule has 0 aliphatic rings. The predicted molar refractivity (Wildman–Crippen MR) is 44.6 cm³/mol. The van der Waals surface area contributed by atoms with Crippen molar-refractivity contribution in [3.05, 3.63) is 23.5 Å². The quantitative estimate of drug-likeness (QED) is 0.691. The molecule has 0 radical (unpaired) electrons. The van der Waals surface area contributed by atoms with E-state index in [0.29, 0.717) is 6.07 Å². The van der Waals surface area contributed by atoms with Crippen molar-refractivity contribution in [3.63, 3.8) is 0 Å². The molecule has 0 fully saturated rings. The van der Waals surface area contributed by atoms with Gasteiger partial charge in [0.05, 0.1) is 12.0 Å². The van der Waals surface area contributed by atoms with Gasteiger partial charge in [0.15, 0.2) is 17.4 Å². The molecule has 0 saturated carbocycles. The van der Waals surface area contributed by atoms with Crippen LogP contribution in [-0.4, -0.2) is 13.4 Å². The minimum absolute atomic E-state index is 0.238. The average Bonchev–Trinajstić information content (AvgIpc) is 2.04. The second-order valence-corrected chi connectivity index (χ2v) is 3.04. The van der Waals surface area contributed by atoms with Crippen molar-refractivity contribution in [3.8, 4) is 5.75 Å². The summed E-state index contributed by atoms with van der Waals surface area (Å²) < 4.78 is 43.3. The van der Waals surface area contributed by atoms with Gasteiger partial charge < -0.3 is 4.74 Å². The molecule has 1 rings (SSSR count). The van der Waals surface area contributed by atoms with E-state index in [4.69, 9.17) is 0 Å². The van der Waals surface area contributed by atoms with Gasteiger partial charge in [0.2, 0.25) is 0 Å². The summed E-state index contributed by atoms with van der Waals surface area (Å²) in [6, 6.07) is 0.605. The zero-order valence-corrected chi connectivity index (χ0v) is 7.84. The van der Waals surface area contributed by atoms with Gasteiger partial charge in [0.1, 0.15) is 5.82 Å². The molecule has 0 spiro atoms. The predicted octanol–water partition coefficient (Wildman–Crippen LogP) is 2.83. The highest BCUT2D eigenvalue weighted by Crippen LogP contribution is 2.31. The molecule has 1 nitrogen and oxygen atoms in total. The Morgan fingerprint density at radius 1 is 1.23 bits per heavy atom. The number of halogens is 3. The van der Waals surface area contributed by atoms with Gasteiger partial charge in [0, 0.05) is 6.07 Å². The second kappa shape index (κ2) is 3.91. The molecular weight excluding hydrogens is 201 g/mol. The Bertz CT molecular complexity index is 299. The van der Waals surface area contributed by atoms with Crippen molar-refractivity contribution < 1.29 is 17.9 Å². The van der Waals surface area contributed by atoms with Crippen molar-refractivity contribution in [2.75, 3.05) is 13.4 Å². The maximum absolute atomic E-state index is 13.2. The minimum atomic E-state index is -1.03. The lowest BCUT2D eigenvalue weighted by Gasteiger charge is -2.07. The van der Waals surface area contributed by atoms with E-state index in [1.54, 1.807) is 0 Å². The molecule has 0 aliphatic heterocycles. The van der Waals surface area contributed by atoms with Crippen molar-refractivity contribution in [2.24, 2.45) is 0 Å². The molecule has 1 aromatic carbocycles. The number of thioether (sulfide) groups is 1. The number of methoxy groups -OCH3 is 1. The Hall–Kier alpha value is -0.840. The first-order chi connectivity index (χ1) is 6.11. The van der Waals surface area contributed by atoms with E-state index in [0.717, 1.165) is 18.9 Å². The van der Waals surface area contributed by atoms with Crippen LogP contribution in [0.1, 0.15) is 0 Å². The first-order valence-corrected chi connectivity index (χ1v) is 4.59. The summed E-state index contributed by atoms with van der Waals surface area (Å²) in [4.78, 5) is -0.238. The lowest BCUT2D eigenvalue weighted by molar-refractivity contribution is 0.348. The first-order valence-electron chi connectivity index (χ1n) is 3.37. The maximum Gasteiger partial charge on any atom is 0.191 e. The standard InChI is InChI=1S/C8H7F3OS/c1-12-7-4(9)3-5(10)8(13-2)6(7)11/h3H,1-2H3. The summed E-state index contributed by atoms with van der Waals surface area (Å²) in [5.41, 5.74) is 0. The van der Waals surface area contributed by atoms with Crippen molar-refractivity contribution in [1.82, 2.24) is 0 Å². The van der Waals surface area contributed by atoms with Crippen LogP contribution < -0.4 is 4.74 Å². The first kappa shape index (κ1) is 10.2. The highest BCUT2D eigenvalue weighted by Gasteiger charge is 2.18. The highest BCUT2D eigenvalue weighted by atomic mass is 32.2. The SMILES string of the molecule is COc1c(F)cc(F)c(SC)c1F. The molecule has 0 amide bonds. The van der Waals surface area contributed by atoms with Gasteiger partial charge in [-0.05, 0) is 6.26 Å². The van der Waals surface area contributed by atoms with E-state index in [1.807, 2.05) is 0 Å². The zero-order chi connectivity index (χ0) is 10.0. The Morgan fingerprint density at radius 3 is 2.31 bits per heavy atom. The van der Waals surface area contributed by atoms with Crippen molar-refractivity contribution >= 4 is 11.8 Å². The molecule has 13 heavy (non-hydrogen) atoms. The fourth-order valence-corrected chi connectivity index (χ4v) is 1.46. The van der Waals surface area contributed by atoms with Crippen LogP contribution in [0.25, 0.3) is 0 Å². The normalized spacial score (nSPS) is 10.2. The maximum atomic E-state index is 13.2. The lowest BCUT2D eigenvalue weighted by atomic mass is 10.3. The van der Waals surface area contributed by atoms with E-state index in [9.17, 15) is 13.2 Å². The second-order valence-electron chi connectivity index (χ2n) is 2.22. The summed E-state index contributed by atoms with van der Waals surface area (Å²) in [5, 5.41) is 0. The largest absolute Gasteiger partial charge is 0.491 e. The summed E-state index contributed by atoms with van der Waals surface area (Å²) >= 11 is 0.864. The van der Waals surface area contributed by atoms with E-state index in [1.165, 1.54) is 6.26 Å². The van der Waals surface area contributed by atoms with Gasteiger partial charge in [-0.2, -0.15) is 0 Å². The molecule has 1 aromatic rings. The van der Waals surface area contributed by atoms with Crippen LogP contribution in [0.3, 0.4) is 0 Å². The Kier molecular flexibility index (Phi) is 3.08. The molecule has 0 unspecified atom stereocenters. The van der Waals surface area contributed by atoms with Crippen molar-refractivity contribution in [1.29, 1.82) is 0 Å². The fourth-order valence-electron chi connectivity index (χ4n) is 0.929.